The summed E-state index contributed by atoms with van der Waals surface area (Å²) < 4.78 is 31.1. The quantitative estimate of drug-likeness (QED) is 0.859. The van der Waals surface area contributed by atoms with Crippen molar-refractivity contribution in [3.63, 3.8) is 0 Å². The average molecular weight is 302 g/mol. The highest BCUT2D eigenvalue weighted by molar-refractivity contribution is 7.89. The lowest BCUT2D eigenvalue weighted by atomic mass is 10.4. The molecule has 0 aliphatic carbocycles. The molecule has 0 amide bonds. The normalized spacial score (nSPS) is 11.6. The van der Waals surface area contributed by atoms with Gasteiger partial charge < -0.3 is 9.63 Å². The van der Waals surface area contributed by atoms with Crippen molar-refractivity contribution in [2.75, 3.05) is 0 Å². The summed E-state index contributed by atoms with van der Waals surface area (Å²) in [7, 11) is -3.89. The van der Waals surface area contributed by atoms with Gasteiger partial charge in [0.15, 0.2) is 5.76 Å². The number of aromatic nitrogens is 1. The van der Waals surface area contributed by atoms with Gasteiger partial charge in [-0.25, -0.2) is 17.9 Å². The summed E-state index contributed by atoms with van der Waals surface area (Å²) in [6, 6.07) is 2.84. The fourth-order valence-corrected chi connectivity index (χ4v) is 3.66. The molecule has 2 N–H and O–H groups in total. The second-order valence-electron chi connectivity index (χ2n) is 3.68. The first-order chi connectivity index (χ1) is 8.90. The molecule has 0 saturated heterocycles. The monoisotopic (exact) mass is 302 g/mol. The molecule has 0 atom stereocenters. The van der Waals surface area contributed by atoms with Crippen LogP contribution in [-0.2, 0) is 16.6 Å². The zero-order valence-corrected chi connectivity index (χ0v) is 11.4. The van der Waals surface area contributed by atoms with E-state index in [0.29, 0.717) is 11.5 Å². The smallest absolute Gasteiger partial charge is 0.347 e. The molecule has 2 heterocycles. The Morgan fingerprint density at radius 1 is 1.58 bits per heavy atom. The van der Waals surface area contributed by atoms with Gasteiger partial charge in [0.25, 0.3) is 0 Å². The third-order valence-electron chi connectivity index (χ3n) is 2.23. The van der Waals surface area contributed by atoms with Crippen molar-refractivity contribution in [3.05, 3.63) is 33.8 Å². The van der Waals surface area contributed by atoms with Gasteiger partial charge >= 0.3 is 5.97 Å². The van der Waals surface area contributed by atoms with Crippen molar-refractivity contribution < 1.29 is 22.8 Å². The molecule has 0 unspecified atom stereocenters. The molecule has 0 spiro atoms. The molecule has 0 saturated carbocycles. The van der Waals surface area contributed by atoms with Crippen LogP contribution in [0.4, 0.5) is 0 Å². The average Bonchev–Trinajstić information content (AvgIpc) is 2.94. The van der Waals surface area contributed by atoms with Gasteiger partial charge in [0.2, 0.25) is 10.0 Å². The number of aromatic carboxylic acids is 1. The predicted molar refractivity (Wildman–Crippen MR) is 66.5 cm³/mol. The van der Waals surface area contributed by atoms with E-state index < -0.39 is 16.0 Å². The maximum atomic E-state index is 12.0. The van der Waals surface area contributed by atoms with Gasteiger partial charge in [-0.3, -0.25) is 0 Å². The van der Waals surface area contributed by atoms with Gasteiger partial charge in [0, 0.05) is 6.07 Å². The molecular formula is C10H10N2O5S2. The van der Waals surface area contributed by atoms with E-state index >= 15 is 0 Å². The molecule has 19 heavy (non-hydrogen) atoms. The SMILES string of the molecule is Cc1cc(CNS(=O)(=O)c2ccsc2C(=O)O)on1. The number of aryl methyl sites for hydroxylation is 1. The Kier molecular flexibility index (Phi) is 3.69. The Labute approximate surface area is 112 Å². The van der Waals surface area contributed by atoms with Crippen molar-refractivity contribution >= 4 is 27.3 Å². The van der Waals surface area contributed by atoms with Crippen LogP contribution in [0.2, 0.25) is 0 Å². The molecular weight excluding hydrogens is 292 g/mol. The summed E-state index contributed by atoms with van der Waals surface area (Å²) in [5.41, 5.74) is 0.635. The fraction of sp³-hybridized carbons (Fsp3) is 0.200. The number of hydrogen-bond acceptors (Lipinski definition) is 6. The molecule has 2 aromatic rings. The minimum Gasteiger partial charge on any atom is -0.477 e. The second-order valence-corrected chi connectivity index (χ2v) is 6.33. The molecule has 0 aliphatic rings. The van der Waals surface area contributed by atoms with Gasteiger partial charge in [-0.1, -0.05) is 5.16 Å². The Hall–Kier alpha value is -1.71. The molecule has 0 bridgehead atoms. The fourth-order valence-electron chi connectivity index (χ4n) is 1.41. The first-order valence-corrected chi connectivity index (χ1v) is 7.49. The van der Waals surface area contributed by atoms with Gasteiger partial charge in [-0.05, 0) is 18.4 Å². The lowest BCUT2D eigenvalue weighted by Crippen LogP contribution is -2.24. The van der Waals surface area contributed by atoms with Crippen LogP contribution in [0, 0.1) is 6.92 Å². The van der Waals surface area contributed by atoms with Crippen LogP contribution < -0.4 is 4.72 Å². The third kappa shape index (κ3) is 3.00. The minimum atomic E-state index is -3.89. The van der Waals surface area contributed by atoms with Crippen molar-refractivity contribution in [3.8, 4) is 0 Å². The van der Waals surface area contributed by atoms with Crippen molar-refractivity contribution in [1.29, 1.82) is 0 Å². The second kappa shape index (κ2) is 5.11. The number of carboxylic acid groups (broad SMARTS) is 1. The number of thiophene rings is 1. The minimum absolute atomic E-state index is 0.0852. The zero-order valence-electron chi connectivity index (χ0n) is 9.78. The number of sulfonamides is 1. The van der Waals surface area contributed by atoms with Gasteiger partial charge in [0.05, 0.1) is 12.2 Å². The Balaban J connectivity index is 2.18. The van der Waals surface area contributed by atoms with Crippen LogP contribution in [0.5, 0.6) is 0 Å². The summed E-state index contributed by atoms with van der Waals surface area (Å²) in [5.74, 6) is -0.918. The van der Waals surface area contributed by atoms with Gasteiger partial charge in [0.1, 0.15) is 9.77 Å². The van der Waals surface area contributed by atoms with Crippen molar-refractivity contribution in [2.24, 2.45) is 0 Å². The van der Waals surface area contributed by atoms with E-state index in [9.17, 15) is 13.2 Å². The molecule has 102 valence electrons. The number of rotatable bonds is 5. The standard InChI is InChI=1S/C10H10N2O5S2/c1-6-4-7(17-12-6)5-11-19(15,16)8-2-3-18-9(8)10(13)14/h2-4,11H,5H2,1H3,(H,13,14). The van der Waals surface area contributed by atoms with Crippen LogP contribution in [0.1, 0.15) is 21.1 Å². The number of hydrogen-bond donors (Lipinski definition) is 2. The first-order valence-electron chi connectivity index (χ1n) is 5.13. The molecule has 2 rings (SSSR count). The van der Waals surface area contributed by atoms with Crippen molar-refractivity contribution in [2.45, 2.75) is 18.4 Å². The molecule has 9 heteroatoms. The summed E-state index contributed by atoms with van der Waals surface area (Å²) in [6.45, 7) is 1.63. The Bertz CT molecular complexity index is 701. The van der Waals surface area contributed by atoms with Gasteiger partial charge in [-0.2, -0.15) is 0 Å². The van der Waals surface area contributed by atoms with Crippen LogP contribution in [0.25, 0.3) is 0 Å². The summed E-state index contributed by atoms with van der Waals surface area (Å²) in [5, 5.41) is 13.9. The maximum Gasteiger partial charge on any atom is 0.347 e. The molecule has 7 nitrogen and oxygen atoms in total. The highest BCUT2D eigenvalue weighted by Crippen LogP contribution is 2.21. The van der Waals surface area contributed by atoms with E-state index in [2.05, 4.69) is 9.88 Å². The summed E-state index contributed by atoms with van der Waals surface area (Å²) >= 11 is 0.856. The summed E-state index contributed by atoms with van der Waals surface area (Å²) in [6.07, 6.45) is 0. The van der Waals surface area contributed by atoms with Crippen LogP contribution in [0.15, 0.2) is 26.9 Å². The van der Waals surface area contributed by atoms with E-state index in [1.807, 2.05) is 0 Å². The molecule has 0 fully saturated rings. The lowest BCUT2D eigenvalue weighted by molar-refractivity contribution is 0.0698. The molecule has 0 aromatic carbocycles. The number of nitrogens with zero attached hydrogens (tertiary/aromatic N) is 1. The van der Waals surface area contributed by atoms with E-state index in [1.165, 1.54) is 11.4 Å². The largest absolute Gasteiger partial charge is 0.477 e. The van der Waals surface area contributed by atoms with Crippen LogP contribution >= 0.6 is 11.3 Å². The van der Waals surface area contributed by atoms with Crippen molar-refractivity contribution in [1.82, 2.24) is 9.88 Å². The number of carboxylic acids is 1. The number of carbonyl (C=O) groups is 1. The third-order valence-corrected chi connectivity index (χ3v) is 4.70. The summed E-state index contributed by atoms with van der Waals surface area (Å²) in [4.78, 5) is 10.4. The lowest BCUT2D eigenvalue weighted by Gasteiger charge is -2.03. The molecule has 0 aliphatic heterocycles. The topological polar surface area (TPSA) is 110 Å². The molecule has 2 aromatic heterocycles. The zero-order chi connectivity index (χ0) is 14.0. The molecule has 0 radical (unpaired) electrons. The Morgan fingerprint density at radius 2 is 2.32 bits per heavy atom. The van der Waals surface area contributed by atoms with Gasteiger partial charge in [-0.15, -0.1) is 11.3 Å². The maximum absolute atomic E-state index is 12.0. The van der Waals surface area contributed by atoms with E-state index in [1.54, 1.807) is 13.0 Å². The predicted octanol–water partition coefficient (Wildman–Crippen LogP) is 1.22. The van der Waals surface area contributed by atoms with Crippen LogP contribution in [0.3, 0.4) is 0 Å². The number of nitrogens with one attached hydrogen (secondary N) is 1. The highest BCUT2D eigenvalue weighted by Gasteiger charge is 2.23. The highest BCUT2D eigenvalue weighted by atomic mass is 32.2. The van der Waals surface area contributed by atoms with Crippen LogP contribution in [-0.4, -0.2) is 24.7 Å². The first kappa shape index (κ1) is 13.7. The Morgan fingerprint density at radius 3 is 2.89 bits per heavy atom. The van der Waals surface area contributed by atoms with E-state index in [-0.39, 0.29) is 16.3 Å². The van der Waals surface area contributed by atoms with E-state index in [0.717, 1.165) is 11.3 Å². The van der Waals surface area contributed by atoms with E-state index in [4.69, 9.17) is 9.63 Å².